The van der Waals surface area contributed by atoms with E-state index in [4.69, 9.17) is 27.9 Å². The first kappa shape index (κ1) is 12.4. The molecule has 3 nitrogen and oxygen atoms in total. The van der Waals surface area contributed by atoms with Crippen molar-refractivity contribution in [2.45, 2.75) is 0 Å². The number of ketones is 1. The van der Waals surface area contributed by atoms with Gasteiger partial charge in [0.15, 0.2) is 5.69 Å². The molecule has 0 spiro atoms. The molecular weight excluding hydrogens is 281 g/mol. The summed E-state index contributed by atoms with van der Waals surface area (Å²) < 4.78 is 5.90. The van der Waals surface area contributed by atoms with E-state index in [-0.39, 0.29) is 11.5 Å². The summed E-state index contributed by atoms with van der Waals surface area (Å²) in [5, 5.41) is 0. The minimum Gasteiger partial charge on any atom is -0.494 e. The van der Waals surface area contributed by atoms with Crippen molar-refractivity contribution in [2.24, 2.45) is 0 Å². The van der Waals surface area contributed by atoms with E-state index < -0.39 is 0 Å². The molecule has 2 aromatic heterocycles. The highest BCUT2D eigenvalue weighted by molar-refractivity contribution is 7.20. The Balaban J connectivity index is 2.47. The molecule has 88 valence electrons. The Bertz CT molecular complexity index is 568. The van der Waals surface area contributed by atoms with Gasteiger partial charge in [-0.25, -0.2) is 4.98 Å². The van der Waals surface area contributed by atoms with Crippen LogP contribution in [-0.2, 0) is 0 Å². The zero-order chi connectivity index (χ0) is 12.4. The van der Waals surface area contributed by atoms with Crippen molar-refractivity contribution in [3.05, 3.63) is 44.3 Å². The summed E-state index contributed by atoms with van der Waals surface area (Å²) in [6.07, 6.45) is 1.53. The summed E-state index contributed by atoms with van der Waals surface area (Å²) >= 11 is 12.9. The minimum absolute atomic E-state index is 0.228. The summed E-state index contributed by atoms with van der Waals surface area (Å²) in [7, 11) is 1.48. The SMILES string of the molecule is COc1cccnc1C(=O)c1cc(Cl)sc1Cl. The number of ether oxygens (including phenoxy) is 1. The van der Waals surface area contributed by atoms with Crippen LogP contribution < -0.4 is 4.74 Å². The zero-order valence-electron chi connectivity index (χ0n) is 8.74. The Morgan fingerprint density at radius 3 is 2.82 bits per heavy atom. The number of carbonyl (C=O) groups is 1. The van der Waals surface area contributed by atoms with Crippen molar-refractivity contribution in [1.29, 1.82) is 0 Å². The van der Waals surface area contributed by atoms with E-state index >= 15 is 0 Å². The Morgan fingerprint density at radius 2 is 2.24 bits per heavy atom. The van der Waals surface area contributed by atoms with Crippen molar-refractivity contribution >= 4 is 40.3 Å². The molecule has 0 bridgehead atoms. The van der Waals surface area contributed by atoms with E-state index in [2.05, 4.69) is 4.98 Å². The summed E-state index contributed by atoms with van der Waals surface area (Å²) in [5.74, 6) is 0.117. The molecule has 0 aliphatic heterocycles. The number of thiophene rings is 1. The van der Waals surface area contributed by atoms with E-state index in [0.29, 0.717) is 20.0 Å². The number of hydrogen-bond donors (Lipinski definition) is 0. The molecule has 6 heteroatoms. The van der Waals surface area contributed by atoms with Crippen LogP contribution >= 0.6 is 34.5 Å². The fourth-order valence-electron chi connectivity index (χ4n) is 1.35. The Kier molecular flexibility index (Phi) is 3.66. The standard InChI is InChI=1S/C11H7Cl2NO2S/c1-16-7-3-2-4-14-9(7)10(15)6-5-8(12)17-11(6)13/h2-5H,1H3. The van der Waals surface area contributed by atoms with Crippen LogP contribution in [0.15, 0.2) is 24.4 Å². The van der Waals surface area contributed by atoms with E-state index in [0.717, 1.165) is 11.3 Å². The lowest BCUT2D eigenvalue weighted by molar-refractivity contribution is 0.103. The molecule has 0 aliphatic rings. The van der Waals surface area contributed by atoms with Crippen molar-refractivity contribution < 1.29 is 9.53 Å². The maximum atomic E-state index is 12.2. The predicted molar refractivity (Wildman–Crippen MR) is 68.6 cm³/mol. The topological polar surface area (TPSA) is 39.2 Å². The zero-order valence-corrected chi connectivity index (χ0v) is 11.1. The molecule has 0 aromatic carbocycles. The first-order valence-corrected chi connectivity index (χ1v) is 6.19. The second-order valence-corrected chi connectivity index (χ2v) is 5.41. The predicted octanol–water partition coefficient (Wildman–Crippen LogP) is 3.69. The van der Waals surface area contributed by atoms with Gasteiger partial charge in [-0.15, -0.1) is 11.3 Å². The van der Waals surface area contributed by atoms with Crippen LogP contribution in [0.2, 0.25) is 8.67 Å². The average Bonchev–Trinajstić information content (AvgIpc) is 2.67. The van der Waals surface area contributed by atoms with Crippen molar-refractivity contribution in [3.8, 4) is 5.75 Å². The molecule has 0 aliphatic carbocycles. The number of carbonyl (C=O) groups excluding carboxylic acids is 1. The van der Waals surface area contributed by atoms with Crippen LogP contribution in [0, 0.1) is 0 Å². The largest absolute Gasteiger partial charge is 0.494 e. The van der Waals surface area contributed by atoms with Gasteiger partial charge in [-0.1, -0.05) is 23.2 Å². The molecular formula is C11H7Cl2NO2S. The highest BCUT2D eigenvalue weighted by Crippen LogP contribution is 2.33. The Labute approximate surface area is 112 Å². The van der Waals surface area contributed by atoms with Crippen LogP contribution in [0.4, 0.5) is 0 Å². The molecule has 0 saturated carbocycles. The summed E-state index contributed by atoms with van der Waals surface area (Å²) in [6, 6.07) is 4.89. The van der Waals surface area contributed by atoms with Gasteiger partial charge in [-0.05, 0) is 18.2 Å². The quantitative estimate of drug-likeness (QED) is 0.808. The lowest BCUT2D eigenvalue weighted by Crippen LogP contribution is -2.05. The van der Waals surface area contributed by atoms with Crippen LogP contribution in [0.5, 0.6) is 5.75 Å². The van der Waals surface area contributed by atoms with Gasteiger partial charge < -0.3 is 4.74 Å². The summed E-state index contributed by atoms with van der Waals surface area (Å²) in [6.45, 7) is 0. The third kappa shape index (κ3) is 2.44. The second-order valence-electron chi connectivity index (χ2n) is 3.12. The van der Waals surface area contributed by atoms with Gasteiger partial charge in [0, 0.05) is 6.20 Å². The lowest BCUT2D eigenvalue weighted by atomic mass is 10.1. The van der Waals surface area contributed by atoms with Gasteiger partial charge in [0.05, 0.1) is 17.0 Å². The molecule has 0 N–H and O–H groups in total. The molecule has 0 amide bonds. The minimum atomic E-state index is -0.296. The third-order valence-electron chi connectivity index (χ3n) is 2.11. The molecule has 0 saturated heterocycles. The molecule has 0 fully saturated rings. The second kappa shape index (κ2) is 5.04. The van der Waals surface area contributed by atoms with Gasteiger partial charge in [-0.3, -0.25) is 4.79 Å². The maximum absolute atomic E-state index is 12.2. The fourth-order valence-corrected chi connectivity index (χ4v) is 2.81. The Morgan fingerprint density at radius 1 is 1.47 bits per heavy atom. The highest BCUT2D eigenvalue weighted by atomic mass is 35.5. The monoisotopic (exact) mass is 287 g/mol. The van der Waals surface area contributed by atoms with E-state index in [1.54, 1.807) is 12.1 Å². The fraction of sp³-hybridized carbons (Fsp3) is 0.0909. The molecule has 2 rings (SSSR count). The highest BCUT2D eigenvalue weighted by Gasteiger charge is 2.20. The van der Waals surface area contributed by atoms with Gasteiger partial charge in [-0.2, -0.15) is 0 Å². The third-order valence-corrected chi connectivity index (χ3v) is 3.59. The molecule has 2 aromatic rings. The summed E-state index contributed by atoms with van der Waals surface area (Å²) in [5.41, 5.74) is 0.574. The van der Waals surface area contributed by atoms with Gasteiger partial charge in [0.25, 0.3) is 0 Å². The number of nitrogens with zero attached hydrogens (tertiary/aromatic N) is 1. The van der Waals surface area contributed by atoms with Crippen molar-refractivity contribution in [1.82, 2.24) is 4.98 Å². The van der Waals surface area contributed by atoms with E-state index in [1.165, 1.54) is 19.4 Å². The average molecular weight is 288 g/mol. The first-order valence-electron chi connectivity index (χ1n) is 4.62. The molecule has 0 unspecified atom stereocenters. The van der Waals surface area contributed by atoms with Gasteiger partial charge in [0.2, 0.25) is 5.78 Å². The summed E-state index contributed by atoms with van der Waals surface area (Å²) in [4.78, 5) is 16.2. The number of hydrogen-bond acceptors (Lipinski definition) is 4. The van der Waals surface area contributed by atoms with Crippen LogP contribution in [0.3, 0.4) is 0 Å². The normalized spacial score (nSPS) is 10.3. The van der Waals surface area contributed by atoms with Crippen molar-refractivity contribution in [2.75, 3.05) is 7.11 Å². The van der Waals surface area contributed by atoms with Gasteiger partial charge >= 0.3 is 0 Å². The number of aromatic nitrogens is 1. The molecule has 2 heterocycles. The maximum Gasteiger partial charge on any atom is 0.217 e. The number of rotatable bonds is 3. The molecule has 17 heavy (non-hydrogen) atoms. The van der Waals surface area contributed by atoms with Crippen LogP contribution in [-0.4, -0.2) is 17.9 Å². The smallest absolute Gasteiger partial charge is 0.217 e. The number of pyridine rings is 1. The van der Waals surface area contributed by atoms with E-state index in [1.807, 2.05) is 0 Å². The van der Waals surface area contributed by atoms with Crippen molar-refractivity contribution in [3.63, 3.8) is 0 Å². The van der Waals surface area contributed by atoms with E-state index in [9.17, 15) is 4.79 Å². The van der Waals surface area contributed by atoms with Crippen LogP contribution in [0.25, 0.3) is 0 Å². The molecule has 0 atom stereocenters. The van der Waals surface area contributed by atoms with Gasteiger partial charge in [0.1, 0.15) is 10.1 Å². The first-order chi connectivity index (χ1) is 8.13. The number of halogens is 2. The van der Waals surface area contributed by atoms with Crippen LogP contribution in [0.1, 0.15) is 16.1 Å². The number of methoxy groups -OCH3 is 1. The molecule has 0 radical (unpaired) electrons. The lowest BCUT2D eigenvalue weighted by Gasteiger charge is -2.04. The Hall–Kier alpha value is -1.10.